The number of esters is 3. The van der Waals surface area contributed by atoms with Crippen molar-refractivity contribution in [2.24, 2.45) is 5.73 Å². The first-order valence-corrected chi connectivity index (χ1v) is 25.0. The third-order valence-corrected chi connectivity index (χ3v) is 11.5. The number of carbonyl (C=O) groups is 5. The highest BCUT2D eigenvalue weighted by atomic mass is 16.6. The van der Waals surface area contributed by atoms with Gasteiger partial charge in [0.2, 0.25) is 0 Å². The second-order valence-electron chi connectivity index (χ2n) is 17.3. The van der Waals surface area contributed by atoms with E-state index in [1.165, 1.54) is 64.2 Å². The van der Waals surface area contributed by atoms with Crippen LogP contribution in [0.5, 0.6) is 0 Å². The van der Waals surface area contributed by atoms with E-state index in [-0.39, 0.29) is 31.2 Å². The molecule has 0 aromatic rings. The van der Waals surface area contributed by atoms with E-state index in [4.69, 9.17) is 30.2 Å². The SMILES string of the molecule is CCCCCC(OC(=O)CCC(N)C(=O)O)C(O)CCCCCCCCCCC(=O)OCCCCCCCCCCCCOC(=O)CCCCCCCCCCCCC(=O)O. The number of aliphatic carboxylic acids is 2. The van der Waals surface area contributed by atoms with Crippen molar-refractivity contribution in [3.05, 3.63) is 0 Å². The van der Waals surface area contributed by atoms with Gasteiger partial charge in [-0.3, -0.25) is 24.0 Å². The second-order valence-corrected chi connectivity index (χ2v) is 17.3. The summed E-state index contributed by atoms with van der Waals surface area (Å²) in [7, 11) is 0. The van der Waals surface area contributed by atoms with Crippen LogP contribution in [0, 0.1) is 0 Å². The van der Waals surface area contributed by atoms with Gasteiger partial charge in [0.15, 0.2) is 0 Å². The van der Waals surface area contributed by atoms with Crippen LogP contribution in [0.3, 0.4) is 0 Å². The number of carboxylic acid groups (broad SMARTS) is 2. The van der Waals surface area contributed by atoms with Crippen LogP contribution in [-0.4, -0.2) is 76.6 Å². The number of unbranched alkanes of at least 4 members (excludes halogenated alkanes) is 27. The summed E-state index contributed by atoms with van der Waals surface area (Å²) < 4.78 is 16.4. The number of ether oxygens (including phenoxy) is 3. The molecule has 0 spiro atoms. The Balaban J connectivity index is 3.54. The van der Waals surface area contributed by atoms with Gasteiger partial charge < -0.3 is 35.3 Å². The van der Waals surface area contributed by atoms with Crippen molar-refractivity contribution in [3.8, 4) is 0 Å². The van der Waals surface area contributed by atoms with Crippen LogP contribution in [-0.2, 0) is 38.2 Å². The lowest BCUT2D eigenvalue weighted by Gasteiger charge is -2.23. The van der Waals surface area contributed by atoms with Crippen molar-refractivity contribution in [2.75, 3.05) is 13.2 Å². The number of hydrogen-bond acceptors (Lipinski definition) is 10. The van der Waals surface area contributed by atoms with Crippen LogP contribution in [0.15, 0.2) is 0 Å². The molecule has 0 aromatic heterocycles. The molecule has 0 aliphatic carbocycles. The molecule has 0 radical (unpaired) electrons. The number of nitrogens with two attached hydrogens (primary N) is 1. The largest absolute Gasteiger partial charge is 0.481 e. The molecule has 0 aromatic carbocycles. The zero-order chi connectivity index (χ0) is 45.0. The second kappa shape index (κ2) is 43.9. The first kappa shape index (κ1) is 58.3. The molecule has 0 heterocycles. The summed E-state index contributed by atoms with van der Waals surface area (Å²) in [6.07, 6.45) is 34.4. The fourth-order valence-corrected chi connectivity index (χ4v) is 7.51. The van der Waals surface area contributed by atoms with Gasteiger partial charge in [-0.15, -0.1) is 0 Å². The van der Waals surface area contributed by atoms with E-state index >= 15 is 0 Å². The lowest BCUT2D eigenvalue weighted by atomic mass is 9.99. The van der Waals surface area contributed by atoms with E-state index in [0.717, 1.165) is 135 Å². The van der Waals surface area contributed by atoms with Gasteiger partial charge >= 0.3 is 29.8 Å². The lowest BCUT2D eigenvalue weighted by Crippen LogP contribution is -2.33. The summed E-state index contributed by atoms with van der Waals surface area (Å²) >= 11 is 0. The summed E-state index contributed by atoms with van der Waals surface area (Å²) in [5.74, 6) is -2.51. The molecule has 0 saturated carbocycles. The number of aliphatic hydroxyl groups is 1. The van der Waals surface area contributed by atoms with Crippen molar-refractivity contribution < 1.29 is 53.5 Å². The maximum Gasteiger partial charge on any atom is 0.320 e. The maximum atomic E-state index is 12.3. The van der Waals surface area contributed by atoms with Crippen molar-refractivity contribution in [3.63, 3.8) is 0 Å². The minimum atomic E-state index is -1.15. The normalized spacial score (nSPS) is 12.8. The quantitative estimate of drug-likeness (QED) is 0.0257. The summed E-state index contributed by atoms with van der Waals surface area (Å²) in [6.45, 7) is 3.15. The van der Waals surface area contributed by atoms with Crippen LogP contribution in [0.25, 0.3) is 0 Å². The average Bonchev–Trinajstić information content (AvgIpc) is 3.23. The Kier molecular flexibility index (Phi) is 41.9. The molecule has 61 heavy (non-hydrogen) atoms. The highest BCUT2D eigenvalue weighted by molar-refractivity contribution is 5.75. The molecule has 0 amide bonds. The van der Waals surface area contributed by atoms with Gasteiger partial charge in [0.1, 0.15) is 12.1 Å². The Morgan fingerprint density at radius 1 is 0.426 bits per heavy atom. The number of hydrogen-bond donors (Lipinski definition) is 4. The predicted molar refractivity (Wildman–Crippen MR) is 242 cm³/mol. The minimum Gasteiger partial charge on any atom is -0.481 e. The molecule has 12 heteroatoms. The van der Waals surface area contributed by atoms with Gasteiger partial charge in [0, 0.05) is 25.7 Å². The molecule has 3 atom stereocenters. The summed E-state index contributed by atoms with van der Waals surface area (Å²) in [5.41, 5.74) is 5.49. The highest BCUT2D eigenvalue weighted by Crippen LogP contribution is 2.19. The smallest absolute Gasteiger partial charge is 0.320 e. The number of aliphatic hydroxyl groups excluding tert-OH is 1. The Hall–Kier alpha value is -2.73. The highest BCUT2D eigenvalue weighted by Gasteiger charge is 2.24. The van der Waals surface area contributed by atoms with Gasteiger partial charge in [-0.25, -0.2) is 0 Å². The van der Waals surface area contributed by atoms with Crippen LogP contribution in [0.1, 0.15) is 251 Å². The Labute approximate surface area is 370 Å². The Morgan fingerprint density at radius 2 is 0.787 bits per heavy atom. The molecule has 0 bridgehead atoms. The van der Waals surface area contributed by atoms with E-state index in [0.29, 0.717) is 38.9 Å². The molecule has 12 nitrogen and oxygen atoms in total. The summed E-state index contributed by atoms with van der Waals surface area (Å²) in [5, 5.41) is 28.3. The van der Waals surface area contributed by atoms with Gasteiger partial charge in [-0.1, -0.05) is 167 Å². The van der Waals surface area contributed by atoms with Crippen molar-refractivity contribution in [2.45, 2.75) is 269 Å². The number of carbonyl (C=O) groups excluding carboxylic acids is 3. The van der Waals surface area contributed by atoms with E-state index in [1.54, 1.807) is 0 Å². The molecular formula is C49H91NO11. The maximum absolute atomic E-state index is 12.3. The summed E-state index contributed by atoms with van der Waals surface area (Å²) in [4.78, 5) is 57.7. The Bertz CT molecular complexity index is 1070. The Morgan fingerprint density at radius 3 is 1.18 bits per heavy atom. The molecule has 0 rings (SSSR count). The van der Waals surface area contributed by atoms with Crippen LogP contribution >= 0.6 is 0 Å². The molecule has 0 fully saturated rings. The monoisotopic (exact) mass is 870 g/mol. The van der Waals surface area contributed by atoms with Gasteiger partial charge in [-0.05, 0) is 57.8 Å². The lowest BCUT2D eigenvalue weighted by molar-refractivity contribution is -0.156. The van der Waals surface area contributed by atoms with Crippen LogP contribution in [0.2, 0.25) is 0 Å². The first-order chi connectivity index (χ1) is 29.6. The van der Waals surface area contributed by atoms with Gasteiger partial charge in [0.25, 0.3) is 0 Å². The first-order valence-electron chi connectivity index (χ1n) is 25.0. The topological polar surface area (TPSA) is 200 Å². The zero-order valence-electron chi connectivity index (χ0n) is 38.7. The molecule has 5 N–H and O–H groups in total. The predicted octanol–water partition coefficient (Wildman–Crippen LogP) is 11.7. The standard InChI is InChI=1S/C49H91NO11/c1-2-3-26-34-44(61-48(56)39-38-42(50)49(57)58)43(51)33-27-20-14-10-11-17-23-30-37-47(55)60-41-32-25-19-13-7-6-12-18-24-31-40-59-46(54)36-29-22-16-9-5-4-8-15-21-28-35-45(52)53/h42-44,51H,2-41,50H2,1H3,(H,52,53)(H,57,58). The zero-order valence-corrected chi connectivity index (χ0v) is 38.7. The average molecular weight is 870 g/mol. The minimum absolute atomic E-state index is 0.0117. The van der Waals surface area contributed by atoms with Crippen molar-refractivity contribution in [1.29, 1.82) is 0 Å². The van der Waals surface area contributed by atoms with Crippen molar-refractivity contribution >= 4 is 29.8 Å². The van der Waals surface area contributed by atoms with Gasteiger partial charge in [0.05, 0.1) is 19.3 Å². The molecule has 0 saturated heterocycles. The van der Waals surface area contributed by atoms with Gasteiger partial charge in [-0.2, -0.15) is 0 Å². The number of carboxylic acids is 2. The summed E-state index contributed by atoms with van der Waals surface area (Å²) in [6, 6.07) is -1.10. The molecule has 0 aliphatic rings. The molecule has 358 valence electrons. The number of rotatable bonds is 47. The molecular weight excluding hydrogens is 779 g/mol. The fourth-order valence-electron chi connectivity index (χ4n) is 7.51. The fraction of sp³-hybridized carbons (Fsp3) is 0.898. The van der Waals surface area contributed by atoms with Crippen LogP contribution < -0.4 is 5.73 Å². The van der Waals surface area contributed by atoms with E-state index < -0.39 is 36.2 Å². The third-order valence-electron chi connectivity index (χ3n) is 11.5. The van der Waals surface area contributed by atoms with Crippen LogP contribution in [0.4, 0.5) is 0 Å². The molecule has 3 unspecified atom stereocenters. The van der Waals surface area contributed by atoms with Crippen molar-refractivity contribution in [1.82, 2.24) is 0 Å². The third kappa shape index (κ3) is 42.4. The molecule has 0 aliphatic heterocycles. The van der Waals surface area contributed by atoms with E-state index in [2.05, 4.69) is 6.92 Å². The van der Waals surface area contributed by atoms with E-state index in [9.17, 15) is 29.1 Å². The van der Waals surface area contributed by atoms with E-state index in [1.807, 2.05) is 0 Å².